The van der Waals surface area contributed by atoms with Crippen LogP contribution in [0.1, 0.15) is 46.7 Å². The van der Waals surface area contributed by atoms with Crippen molar-refractivity contribution >= 4 is 45.0 Å². The smallest absolute Gasteiger partial charge is 0.291 e. The number of anilines is 2. The second kappa shape index (κ2) is 10.8. The highest BCUT2D eigenvalue weighted by Gasteiger charge is 2.12. The predicted octanol–water partition coefficient (Wildman–Crippen LogP) is 5.21. The zero-order valence-corrected chi connectivity index (χ0v) is 19.4. The maximum Gasteiger partial charge on any atom is 0.291 e. The largest absolute Gasteiger partial charge is 0.444 e. The van der Waals surface area contributed by atoms with Crippen LogP contribution in [0.3, 0.4) is 0 Å². The van der Waals surface area contributed by atoms with Gasteiger partial charge in [0.05, 0.1) is 0 Å². The Morgan fingerprint density at radius 2 is 1.62 bits per heavy atom. The first kappa shape index (κ1) is 23.3. The number of carbonyl (C=O) groups is 3. The summed E-state index contributed by atoms with van der Waals surface area (Å²) < 4.78 is 5.69. The molecule has 3 aromatic rings. The molecule has 0 aliphatic carbocycles. The topological polar surface area (TPSA) is 100 Å². The zero-order valence-electron chi connectivity index (χ0n) is 17.8. The molecule has 0 saturated carbocycles. The van der Waals surface area contributed by atoms with Gasteiger partial charge in [0.2, 0.25) is 5.91 Å². The van der Waals surface area contributed by atoms with Gasteiger partial charge >= 0.3 is 0 Å². The van der Waals surface area contributed by atoms with E-state index in [2.05, 4.69) is 31.9 Å². The van der Waals surface area contributed by atoms with E-state index in [1.165, 1.54) is 0 Å². The van der Waals surface area contributed by atoms with Crippen molar-refractivity contribution < 1.29 is 18.8 Å². The second-order valence-electron chi connectivity index (χ2n) is 7.67. The van der Waals surface area contributed by atoms with E-state index in [0.29, 0.717) is 34.6 Å². The molecule has 3 amide bonds. The number of rotatable bonds is 8. The maximum atomic E-state index is 12.6. The Kier molecular flexibility index (Phi) is 7.83. The molecule has 0 atom stereocenters. The fourth-order valence-corrected chi connectivity index (χ4v) is 3.30. The molecule has 3 N–H and O–H groups in total. The van der Waals surface area contributed by atoms with Crippen LogP contribution in [0.4, 0.5) is 11.4 Å². The lowest BCUT2D eigenvalue weighted by atomic mass is 10.1. The van der Waals surface area contributed by atoms with Crippen LogP contribution in [0.5, 0.6) is 0 Å². The summed E-state index contributed by atoms with van der Waals surface area (Å²) in [6.45, 7) is 4.27. The molecule has 32 heavy (non-hydrogen) atoms. The third-order valence-corrected chi connectivity index (χ3v) is 4.86. The van der Waals surface area contributed by atoms with Gasteiger partial charge in [-0.25, -0.2) is 0 Å². The first-order chi connectivity index (χ1) is 15.3. The molecule has 1 heterocycles. The van der Waals surface area contributed by atoms with Crippen LogP contribution in [0.15, 0.2) is 69.8 Å². The number of halogens is 1. The number of nitrogens with one attached hydrogen (secondary N) is 3. The van der Waals surface area contributed by atoms with Crippen LogP contribution in [0.25, 0.3) is 0 Å². The van der Waals surface area contributed by atoms with Gasteiger partial charge in [-0.1, -0.05) is 32.0 Å². The minimum absolute atomic E-state index is 0.0399. The molecule has 0 aliphatic heterocycles. The molecule has 0 spiro atoms. The quantitative estimate of drug-likeness (QED) is 0.397. The molecule has 166 valence electrons. The van der Waals surface area contributed by atoms with Crippen LogP contribution in [-0.4, -0.2) is 17.7 Å². The highest BCUT2D eigenvalue weighted by atomic mass is 79.9. The third kappa shape index (κ3) is 6.81. The van der Waals surface area contributed by atoms with Gasteiger partial charge in [-0.3, -0.25) is 14.4 Å². The van der Waals surface area contributed by atoms with E-state index in [0.717, 1.165) is 5.56 Å². The Labute approximate surface area is 194 Å². The lowest BCUT2D eigenvalue weighted by Crippen LogP contribution is -2.23. The number of carbonyl (C=O) groups excluding carboxylic acids is 3. The van der Waals surface area contributed by atoms with Crippen LogP contribution in [0, 0.1) is 5.92 Å². The summed E-state index contributed by atoms with van der Waals surface area (Å²) in [7, 11) is 0. The van der Waals surface area contributed by atoms with Gasteiger partial charge in [-0.2, -0.15) is 0 Å². The van der Waals surface area contributed by atoms with Crippen molar-refractivity contribution in [2.75, 3.05) is 10.6 Å². The number of amides is 3. The molecular formula is C24H24BrN3O4. The molecule has 7 nitrogen and oxygen atoms in total. The van der Waals surface area contributed by atoms with Gasteiger partial charge in [-0.05, 0) is 69.9 Å². The van der Waals surface area contributed by atoms with Crippen LogP contribution in [0.2, 0.25) is 0 Å². The van der Waals surface area contributed by atoms with E-state index in [1.54, 1.807) is 36.4 Å². The van der Waals surface area contributed by atoms with E-state index in [1.807, 2.05) is 38.1 Å². The SMILES string of the molecule is CC(C)CC(=O)Nc1cccc(CNC(=O)c2cccc(NC(=O)c3ccc(Br)o3)c2)c1. The summed E-state index contributed by atoms with van der Waals surface area (Å²) in [5, 5.41) is 8.43. The monoisotopic (exact) mass is 497 g/mol. The predicted molar refractivity (Wildman–Crippen MR) is 127 cm³/mol. The van der Waals surface area contributed by atoms with Gasteiger partial charge in [0, 0.05) is 29.9 Å². The molecule has 0 aliphatic rings. The second-order valence-corrected chi connectivity index (χ2v) is 8.45. The molecule has 0 unspecified atom stereocenters. The van der Waals surface area contributed by atoms with Crippen molar-refractivity contribution in [2.45, 2.75) is 26.8 Å². The molecule has 3 rings (SSSR count). The summed E-state index contributed by atoms with van der Waals surface area (Å²) in [6, 6.07) is 17.2. The van der Waals surface area contributed by atoms with Crippen molar-refractivity contribution in [3.8, 4) is 0 Å². The van der Waals surface area contributed by atoms with Crippen molar-refractivity contribution in [1.29, 1.82) is 0 Å². The average molecular weight is 498 g/mol. The summed E-state index contributed by atoms with van der Waals surface area (Å²) >= 11 is 3.16. The molecule has 2 aromatic carbocycles. The minimum Gasteiger partial charge on any atom is -0.444 e. The fraction of sp³-hybridized carbons (Fsp3) is 0.208. The van der Waals surface area contributed by atoms with Gasteiger partial charge in [-0.15, -0.1) is 0 Å². The van der Waals surface area contributed by atoms with Crippen molar-refractivity contribution in [1.82, 2.24) is 5.32 Å². The van der Waals surface area contributed by atoms with Crippen LogP contribution < -0.4 is 16.0 Å². The average Bonchev–Trinajstić information content (AvgIpc) is 3.18. The van der Waals surface area contributed by atoms with Gasteiger partial charge < -0.3 is 20.4 Å². The first-order valence-corrected chi connectivity index (χ1v) is 10.9. The minimum atomic E-state index is -0.412. The lowest BCUT2D eigenvalue weighted by Gasteiger charge is -2.10. The van der Waals surface area contributed by atoms with Crippen molar-refractivity contribution in [3.05, 3.63) is 82.2 Å². The van der Waals surface area contributed by atoms with Gasteiger partial charge in [0.1, 0.15) is 0 Å². The summed E-state index contributed by atoms with van der Waals surface area (Å²) in [6.07, 6.45) is 0.449. The Bertz CT molecular complexity index is 1120. The Hall–Kier alpha value is -3.39. The van der Waals surface area contributed by atoms with Gasteiger partial charge in [0.15, 0.2) is 10.4 Å². The summed E-state index contributed by atoms with van der Waals surface area (Å²) in [5.74, 6) is -0.298. The highest BCUT2D eigenvalue weighted by Crippen LogP contribution is 2.17. The third-order valence-electron chi connectivity index (χ3n) is 4.44. The molecule has 0 bridgehead atoms. The van der Waals surface area contributed by atoms with Gasteiger partial charge in [0.25, 0.3) is 11.8 Å². The molecule has 8 heteroatoms. The van der Waals surface area contributed by atoms with E-state index in [4.69, 9.17) is 4.42 Å². The molecule has 0 radical (unpaired) electrons. The van der Waals surface area contributed by atoms with Crippen molar-refractivity contribution in [3.63, 3.8) is 0 Å². The maximum absolute atomic E-state index is 12.6. The Morgan fingerprint density at radius 1 is 0.906 bits per heavy atom. The Morgan fingerprint density at radius 3 is 2.31 bits per heavy atom. The van der Waals surface area contributed by atoms with E-state index in [9.17, 15) is 14.4 Å². The van der Waals surface area contributed by atoms with E-state index in [-0.39, 0.29) is 23.5 Å². The van der Waals surface area contributed by atoms with E-state index < -0.39 is 5.91 Å². The molecular weight excluding hydrogens is 474 g/mol. The highest BCUT2D eigenvalue weighted by molar-refractivity contribution is 9.10. The lowest BCUT2D eigenvalue weighted by molar-refractivity contribution is -0.116. The Balaban J connectivity index is 1.58. The standard InChI is InChI=1S/C24H24BrN3O4/c1-15(2)11-22(29)27-18-7-3-5-16(12-18)14-26-23(30)17-6-4-8-19(13-17)28-24(31)20-9-10-21(25)32-20/h3-10,12-13,15H,11,14H2,1-2H3,(H,26,30)(H,27,29)(H,28,31). The normalized spacial score (nSPS) is 10.6. The number of benzene rings is 2. The van der Waals surface area contributed by atoms with E-state index >= 15 is 0 Å². The molecule has 0 saturated heterocycles. The molecule has 1 aromatic heterocycles. The van der Waals surface area contributed by atoms with Crippen LogP contribution in [-0.2, 0) is 11.3 Å². The summed E-state index contributed by atoms with van der Waals surface area (Å²) in [5.41, 5.74) is 2.43. The molecule has 0 fully saturated rings. The summed E-state index contributed by atoms with van der Waals surface area (Å²) in [4.78, 5) is 36.8. The number of hydrogen-bond acceptors (Lipinski definition) is 4. The van der Waals surface area contributed by atoms with Crippen molar-refractivity contribution in [2.24, 2.45) is 5.92 Å². The number of furan rings is 1. The first-order valence-electron chi connectivity index (χ1n) is 10.1. The van der Waals surface area contributed by atoms with Crippen LogP contribution >= 0.6 is 15.9 Å². The zero-order chi connectivity index (χ0) is 23.1. The number of hydrogen-bond donors (Lipinski definition) is 3. The fourth-order valence-electron chi connectivity index (χ4n) is 2.99.